The predicted molar refractivity (Wildman–Crippen MR) is 64.9 cm³/mol. The lowest BCUT2D eigenvalue weighted by molar-refractivity contribution is 0.151. The first-order valence-electron chi connectivity index (χ1n) is 5.55. The molecule has 0 aliphatic rings. The monoisotopic (exact) mass is 238 g/mol. The van der Waals surface area contributed by atoms with Gasteiger partial charge in [0.05, 0.1) is 5.69 Å². The van der Waals surface area contributed by atoms with Crippen LogP contribution in [0, 0.1) is 0 Å². The van der Waals surface area contributed by atoms with Crippen LogP contribution in [0.3, 0.4) is 0 Å². The van der Waals surface area contributed by atoms with Gasteiger partial charge in [-0.25, -0.2) is 8.78 Å². The summed E-state index contributed by atoms with van der Waals surface area (Å²) in [5, 5.41) is 4.15. The maximum atomic E-state index is 12.4. The van der Waals surface area contributed by atoms with Gasteiger partial charge in [0.15, 0.2) is 0 Å². The Morgan fingerprint density at radius 3 is 2.41 bits per heavy atom. The van der Waals surface area contributed by atoms with E-state index in [4.69, 9.17) is 0 Å². The smallest absolute Gasteiger partial charge is 0.263 e. The molecule has 0 radical (unpaired) electrons. The fourth-order valence-electron chi connectivity index (χ4n) is 1.40. The van der Waals surface area contributed by atoms with E-state index >= 15 is 0 Å². The van der Waals surface area contributed by atoms with Crippen LogP contribution >= 0.6 is 0 Å². The van der Waals surface area contributed by atoms with E-state index < -0.39 is 6.43 Å². The Labute approximate surface area is 99.9 Å². The van der Waals surface area contributed by atoms with E-state index in [-0.39, 0.29) is 5.56 Å². The summed E-state index contributed by atoms with van der Waals surface area (Å²) in [5.41, 5.74) is 1.45. The molecule has 0 spiro atoms. The highest BCUT2D eigenvalue weighted by Gasteiger charge is 2.08. The average molecular weight is 238 g/mol. The standard InChI is InChI=1S/C11H10F2N2.C2H6/c1-15-6-5-10(14-15)8-3-2-4-9(7-8)11(12)13;1-2/h2-7,11H,1H3;1-2H3. The van der Waals surface area contributed by atoms with Gasteiger partial charge in [0, 0.05) is 24.4 Å². The highest BCUT2D eigenvalue weighted by atomic mass is 19.3. The summed E-state index contributed by atoms with van der Waals surface area (Å²) >= 11 is 0. The second-order valence-corrected chi connectivity index (χ2v) is 3.30. The van der Waals surface area contributed by atoms with Gasteiger partial charge in [0.25, 0.3) is 6.43 Å². The lowest BCUT2D eigenvalue weighted by atomic mass is 10.1. The van der Waals surface area contributed by atoms with Crippen LogP contribution in [-0.2, 0) is 7.05 Å². The molecule has 0 N–H and O–H groups in total. The van der Waals surface area contributed by atoms with Crippen LogP contribution in [0.2, 0.25) is 0 Å². The summed E-state index contributed by atoms with van der Waals surface area (Å²) in [6.07, 6.45) is -0.654. The van der Waals surface area contributed by atoms with Gasteiger partial charge in [-0.1, -0.05) is 32.0 Å². The predicted octanol–water partition coefficient (Wildman–Crippen LogP) is 4.05. The summed E-state index contributed by atoms with van der Waals surface area (Å²) < 4.78 is 26.5. The van der Waals surface area contributed by atoms with Gasteiger partial charge in [0.1, 0.15) is 0 Å². The van der Waals surface area contributed by atoms with Crippen molar-refractivity contribution in [3.8, 4) is 11.3 Å². The SMILES string of the molecule is CC.Cn1ccc(-c2cccc(C(F)F)c2)n1. The third kappa shape index (κ3) is 3.37. The minimum atomic E-state index is -2.44. The molecule has 0 atom stereocenters. The molecule has 0 aliphatic carbocycles. The number of nitrogens with zero attached hydrogens (tertiary/aromatic N) is 2. The van der Waals surface area contributed by atoms with Crippen molar-refractivity contribution in [1.82, 2.24) is 9.78 Å². The van der Waals surface area contributed by atoms with Gasteiger partial charge in [-0.3, -0.25) is 4.68 Å². The summed E-state index contributed by atoms with van der Waals surface area (Å²) in [5.74, 6) is 0. The van der Waals surface area contributed by atoms with Crippen molar-refractivity contribution >= 4 is 0 Å². The molecule has 0 bridgehead atoms. The Morgan fingerprint density at radius 2 is 1.88 bits per heavy atom. The number of aryl methyl sites for hydroxylation is 1. The van der Waals surface area contributed by atoms with Crippen LogP contribution < -0.4 is 0 Å². The zero-order valence-electron chi connectivity index (χ0n) is 10.2. The zero-order chi connectivity index (χ0) is 12.8. The van der Waals surface area contributed by atoms with E-state index in [2.05, 4.69) is 5.10 Å². The number of rotatable bonds is 2. The van der Waals surface area contributed by atoms with Gasteiger partial charge in [0.2, 0.25) is 0 Å². The zero-order valence-corrected chi connectivity index (χ0v) is 10.2. The fourth-order valence-corrected chi connectivity index (χ4v) is 1.40. The molecule has 0 unspecified atom stereocenters. The number of halogens is 2. The van der Waals surface area contributed by atoms with E-state index in [0.29, 0.717) is 11.3 Å². The maximum Gasteiger partial charge on any atom is 0.263 e. The molecule has 0 aliphatic heterocycles. The number of hydrogen-bond donors (Lipinski definition) is 0. The number of benzene rings is 1. The molecule has 1 heterocycles. The summed E-state index contributed by atoms with van der Waals surface area (Å²) in [7, 11) is 1.79. The van der Waals surface area contributed by atoms with Gasteiger partial charge >= 0.3 is 0 Å². The molecular formula is C13H16F2N2. The first-order chi connectivity index (χ1) is 8.16. The van der Waals surface area contributed by atoms with Crippen molar-refractivity contribution in [3.63, 3.8) is 0 Å². The van der Waals surface area contributed by atoms with Crippen LogP contribution in [0.5, 0.6) is 0 Å². The van der Waals surface area contributed by atoms with Crippen molar-refractivity contribution in [2.75, 3.05) is 0 Å². The Balaban J connectivity index is 0.000000686. The molecule has 1 aromatic heterocycles. The van der Waals surface area contributed by atoms with Gasteiger partial charge in [-0.15, -0.1) is 0 Å². The highest BCUT2D eigenvalue weighted by Crippen LogP contribution is 2.24. The van der Waals surface area contributed by atoms with Crippen LogP contribution in [0.1, 0.15) is 25.8 Å². The fraction of sp³-hybridized carbons (Fsp3) is 0.308. The van der Waals surface area contributed by atoms with E-state index in [0.717, 1.165) is 0 Å². The lowest BCUT2D eigenvalue weighted by Gasteiger charge is -2.01. The van der Waals surface area contributed by atoms with Crippen LogP contribution in [0.25, 0.3) is 11.3 Å². The van der Waals surface area contributed by atoms with E-state index in [1.54, 1.807) is 36.1 Å². The molecule has 92 valence electrons. The second kappa shape index (κ2) is 6.13. The quantitative estimate of drug-likeness (QED) is 0.771. The van der Waals surface area contributed by atoms with E-state index in [9.17, 15) is 8.78 Å². The Bertz CT molecular complexity index is 464. The van der Waals surface area contributed by atoms with Crippen LogP contribution in [0.4, 0.5) is 8.78 Å². The number of hydrogen-bond acceptors (Lipinski definition) is 1. The first-order valence-corrected chi connectivity index (χ1v) is 5.55. The molecule has 2 aromatic rings. The molecule has 0 saturated heterocycles. The van der Waals surface area contributed by atoms with Crippen molar-refractivity contribution in [3.05, 3.63) is 42.1 Å². The normalized spacial score (nSPS) is 10.0. The summed E-state index contributed by atoms with van der Waals surface area (Å²) in [6.45, 7) is 4.00. The molecule has 2 rings (SSSR count). The Hall–Kier alpha value is -1.71. The third-order valence-electron chi connectivity index (χ3n) is 2.15. The van der Waals surface area contributed by atoms with Crippen molar-refractivity contribution < 1.29 is 8.78 Å². The second-order valence-electron chi connectivity index (χ2n) is 3.30. The number of aromatic nitrogens is 2. The summed E-state index contributed by atoms with van der Waals surface area (Å²) in [4.78, 5) is 0. The molecule has 17 heavy (non-hydrogen) atoms. The number of alkyl halides is 2. The van der Waals surface area contributed by atoms with Gasteiger partial charge in [-0.2, -0.15) is 5.10 Å². The minimum Gasteiger partial charge on any atom is -0.275 e. The molecule has 0 amide bonds. The molecule has 0 saturated carbocycles. The minimum absolute atomic E-state index is 0.0261. The molecule has 0 fully saturated rings. The van der Waals surface area contributed by atoms with Crippen molar-refractivity contribution in [1.29, 1.82) is 0 Å². The molecule has 4 heteroatoms. The first kappa shape index (κ1) is 13.4. The Kier molecular flexibility index (Phi) is 4.82. The van der Waals surface area contributed by atoms with Crippen LogP contribution in [0.15, 0.2) is 36.5 Å². The lowest BCUT2D eigenvalue weighted by Crippen LogP contribution is -1.89. The third-order valence-corrected chi connectivity index (χ3v) is 2.15. The summed E-state index contributed by atoms with van der Waals surface area (Å²) in [6, 6.07) is 8.06. The highest BCUT2D eigenvalue weighted by molar-refractivity contribution is 5.59. The average Bonchev–Trinajstić information content (AvgIpc) is 2.79. The van der Waals surface area contributed by atoms with Crippen molar-refractivity contribution in [2.45, 2.75) is 20.3 Å². The maximum absolute atomic E-state index is 12.4. The van der Waals surface area contributed by atoms with Gasteiger partial charge in [-0.05, 0) is 12.1 Å². The van der Waals surface area contributed by atoms with Crippen molar-refractivity contribution in [2.24, 2.45) is 7.05 Å². The molecule has 2 nitrogen and oxygen atoms in total. The van der Waals surface area contributed by atoms with Gasteiger partial charge < -0.3 is 0 Å². The van der Waals surface area contributed by atoms with E-state index in [1.807, 2.05) is 13.8 Å². The largest absolute Gasteiger partial charge is 0.275 e. The molecule has 1 aromatic carbocycles. The Morgan fingerprint density at radius 1 is 1.18 bits per heavy atom. The topological polar surface area (TPSA) is 17.8 Å². The molecular weight excluding hydrogens is 222 g/mol. The van der Waals surface area contributed by atoms with E-state index in [1.165, 1.54) is 12.1 Å². The van der Waals surface area contributed by atoms with Crippen LogP contribution in [-0.4, -0.2) is 9.78 Å².